The van der Waals surface area contributed by atoms with Crippen LogP contribution < -0.4 is 15.0 Å². The Hall–Kier alpha value is -3.96. The van der Waals surface area contributed by atoms with Gasteiger partial charge in [-0.15, -0.1) is 0 Å². The average molecular weight is 586 g/mol. The molecule has 1 fully saturated rings. The Morgan fingerprint density at radius 3 is 2.67 bits per heavy atom. The lowest BCUT2D eigenvalue weighted by Gasteiger charge is -2.22. The molecule has 0 N–H and O–H groups in total. The van der Waals surface area contributed by atoms with E-state index in [1.165, 1.54) is 11.1 Å². The monoisotopic (exact) mass is 584 g/mol. The number of aromatic nitrogens is 2. The number of halogens is 1. The SMILES string of the molecule is CCOc1cc(C=Nn2c(C3CCCCC3)nc3ccccc3c2=O)cc(Br)c1OCc1ccccc1C#N. The molecule has 3 aromatic carbocycles. The van der Waals surface area contributed by atoms with Crippen molar-refractivity contribution in [3.05, 3.63) is 98.0 Å². The van der Waals surface area contributed by atoms with Gasteiger partial charge in [0, 0.05) is 11.5 Å². The van der Waals surface area contributed by atoms with E-state index in [1.807, 2.05) is 55.5 Å². The van der Waals surface area contributed by atoms with Crippen LogP contribution in [0.4, 0.5) is 0 Å². The molecule has 5 rings (SSSR count). The third-order valence-corrected chi connectivity index (χ3v) is 7.50. The maximum Gasteiger partial charge on any atom is 0.282 e. The lowest BCUT2D eigenvalue weighted by Crippen LogP contribution is -2.25. The molecule has 0 unspecified atom stereocenters. The number of nitrogens with zero attached hydrogens (tertiary/aromatic N) is 4. The van der Waals surface area contributed by atoms with E-state index in [1.54, 1.807) is 18.3 Å². The summed E-state index contributed by atoms with van der Waals surface area (Å²) in [6.45, 7) is 2.57. The fraction of sp³-hybridized carbons (Fsp3) is 0.290. The third-order valence-electron chi connectivity index (χ3n) is 6.91. The first kappa shape index (κ1) is 26.6. The van der Waals surface area contributed by atoms with E-state index in [-0.39, 0.29) is 18.1 Å². The zero-order valence-corrected chi connectivity index (χ0v) is 23.4. The summed E-state index contributed by atoms with van der Waals surface area (Å²) in [5.41, 5.74) is 2.63. The predicted molar refractivity (Wildman–Crippen MR) is 156 cm³/mol. The molecule has 0 radical (unpaired) electrons. The number of hydrogen-bond acceptors (Lipinski definition) is 6. The number of benzene rings is 3. The lowest BCUT2D eigenvalue weighted by molar-refractivity contribution is 0.267. The van der Waals surface area contributed by atoms with Crippen LogP contribution in [0.15, 0.2) is 75.0 Å². The van der Waals surface area contributed by atoms with Crippen molar-refractivity contribution in [1.29, 1.82) is 5.26 Å². The summed E-state index contributed by atoms with van der Waals surface area (Å²) in [5, 5.41) is 14.6. The maximum absolute atomic E-state index is 13.5. The summed E-state index contributed by atoms with van der Waals surface area (Å²) >= 11 is 3.61. The minimum Gasteiger partial charge on any atom is -0.490 e. The number of fused-ring (bicyclic) bond motifs is 1. The molecule has 4 aromatic rings. The Bertz CT molecular complexity index is 1620. The lowest BCUT2D eigenvalue weighted by atomic mass is 9.88. The quantitative estimate of drug-likeness (QED) is 0.209. The number of rotatable bonds is 8. The summed E-state index contributed by atoms with van der Waals surface area (Å²) in [5.74, 6) is 1.99. The normalized spacial score (nSPS) is 14.0. The molecule has 1 heterocycles. The van der Waals surface area contributed by atoms with Crippen LogP contribution in [-0.4, -0.2) is 22.5 Å². The molecule has 0 atom stereocenters. The van der Waals surface area contributed by atoms with Crippen LogP contribution in [-0.2, 0) is 6.61 Å². The van der Waals surface area contributed by atoms with Crippen molar-refractivity contribution in [3.8, 4) is 17.6 Å². The van der Waals surface area contributed by atoms with Crippen LogP contribution in [0.25, 0.3) is 10.9 Å². The van der Waals surface area contributed by atoms with Crippen molar-refractivity contribution in [2.75, 3.05) is 6.61 Å². The third kappa shape index (κ3) is 5.89. The number of ether oxygens (including phenoxy) is 2. The minimum atomic E-state index is -0.169. The van der Waals surface area contributed by atoms with E-state index < -0.39 is 0 Å². The van der Waals surface area contributed by atoms with Crippen LogP contribution >= 0.6 is 15.9 Å². The first-order valence-corrected chi connectivity index (χ1v) is 14.0. The zero-order chi connectivity index (χ0) is 27.2. The second-order valence-corrected chi connectivity index (χ2v) is 10.4. The van der Waals surface area contributed by atoms with Gasteiger partial charge in [0.2, 0.25) is 0 Å². The Morgan fingerprint density at radius 1 is 1.10 bits per heavy atom. The number of para-hydroxylation sites is 1. The Balaban J connectivity index is 1.50. The zero-order valence-electron chi connectivity index (χ0n) is 21.8. The van der Waals surface area contributed by atoms with Gasteiger partial charge >= 0.3 is 0 Å². The van der Waals surface area contributed by atoms with E-state index in [0.29, 0.717) is 39.0 Å². The van der Waals surface area contributed by atoms with E-state index in [0.717, 1.165) is 42.6 Å². The van der Waals surface area contributed by atoms with Crippen molar-refractivity contribution in [1.82, 2.24) is 9.66 Å². The highest BCUT2D eigenvalue weighted by Gasteiger charge is 2.22. The molecular formula is C31H29BrN4O3. The molecule has 0 spiro atoms. The van der Waals surface area contributed by atoms with Crippen molar-refractivity contribution < 1.29 is 9.47 Å². The number of nitriles is 1. The predicted octanol–water partition coefficient (Wildman–Crippen LogP) is 6.94. The highest BCUT2D eigenvalue weighted by molar-refractivity contribution is 9.10. The van der Waals surface area contributed by atoms with Gasteiger partial charge in [-0.1, -0.05) is 49.6 Å². The first-order chi connectivity index (χ1) is 19.1. The molecule has 0 bridgehead atoms. The molecule has 0 saturated heterocycles. The molecule has 1 saturated carbocycles. The molecule has 7 nitrogen and oxygen atoms in total. The fourth-order valence-corrected chi connectivity index (χ4v) is 5.55. The van der Waals surface area contributed by atoms with Crippen molar-refractivity contribution in [2.45, 2.75) is 51.6 Å². The second kappa shape index (κ2) is 12.3. The summed E-state index contributed by atoms with van der Waals surface area (Å²) in [4.78, 5) is 18.4. The standard InChI is InChI=1S/C31H29BrN4O3/c1-2-38-28-17-21(16-26(32)29(28)39-20-24-13-7-6-12-23(24)18-33)19-34-36-30(22-10-4-3-5-11-22)35-27-15-9-8-14-25(27)31(36)37/h6-9,12-17,19,22H,2-5,10-11,20H2,1H3. The summed E-state index contributed by atoms with van der Waals surface area (Å²) in [7, 11) is 0. The maximum atomic E-state index is 13.5. The van der Waals surface area contributed by atoms with Gasteiger partial charge < -0.3 is 9.47 Å². The molecular weight excluding hydrogens is 556 g/mol. The van der Waals surface area contributed by atoms with Gasteiger partial charge in [0.25, 0.3) is 5.56 Å². The Kier molecular flexibility index (Phi) is 8.38. The highest BCUT2D eigenvalue weighted by atomic mass is 79.9. The van der Waals surface area contributed by atoms with Gasteiger partial charge in [0.15, 0.2) is 11.5 Å². The van der Waals surface area contributed by atoms with Crippen LogP contribution in [0, 0.1) is 11.3 Å². The molecule has 0 aliphatic heterocycles. The molecule has 1 aliphatic rings. The molecule has 1 aliphatic carbocycles. The average Bonchev–Trinajstić information content (AvgIpc) is 2.97. The molecule has 1 aromatic heterocycles. The summed E-state index contributed by atoms with van der Waals surface area (Å²) < 4.78 is 14.1. The van der Waals surface area contributed by atoms with Gasteiger partial charge in [-0.2, -0.15) is 15.0 Å². The van der Waals surface area contributed by atoms with Gasteiger partial charge in [0.05, 0.1) is 39.8 Å². The molecule has 0 amide bonds. The van der Waals surface area contributed by atoms with Crippen molar-refractivity contribution >= 4 is 33.0 Å². The second-order valence-electron chi connectivity index (χ2n) is 9.50. The van der Waals surface area contributed by atoms with E-state index in [4.69, 9.17) is 14.5 Å². The van der Waals surface area contributed by atoms with Crippen LogP contribution in [0.5, 0.6) is 11.5 Å². The first-order valence-electron chi connectivity index (χ1n) is 13.2. The minimum absolute atomic E-state index is 0.169. The summed E-state index contributed by atoms with van der Waals surface area (Å²) in [6.07, 6.45) is 7.13. The fourth-order valence-electron chi connectivity index (χ4n) is 4.97. The van der Waals surface area contributed by atoms with Crippen molar-refractivity contribution in [3.63, 3.8) is 0 Å². The van der Waals surface area contributed by atoms with Gasteiger partial charge in [-0.25, -0.2) is 4.98 Å². The largest absolute Gasteiger partial charge is 0.490 e. The van der Waals surface area contributed by atoms with Gasteiger partial charge in [0.1, 0.15) is 12.4 Å². The highest BCUT2D eigenvalue weighted by Crippen LogP contribution is 2.37. The Labute approximate surface area is 235 Å². The van der Waals surface area contributed by atoms with Gasteiger partial charge in [-0.3, -0.25) is 4.79 Å². The van der Waals surface area contributed by atoms with E-state index in [9.17, 15) is 10.1 Å². The Morgan fingerprint density at radius 2 is 1.87 bits per heavy atom. The van der Waals surface area contributed by atoms with Crippen molar-refractivity contribution in [2.24, 2.45) is 5.10 Å². The van der Waals surface area contributed by atoms with Crippen LogP contribution in [0.2, 0.25) is 0 Å². The van der Waals surface area contributed by atoms with E-state index >= 15 is 0 Å². The van der Waals surface area contributed by atoms with E-state index in [2.05, 4.69) is 27.1 Å². The molecule has 8 heteroatoms. The summed E-state index contributed by atoms with van der Waals surface area (Å²) in [6, 6.07) is 20.7. The molecule has 39 heavy (non-hydrogen) atoms. The smallest absolute Gasteiger partial charge is 0.282 e. The molecule has 198 valence electrons. The number of hydrogen-bond donors (Lipinski definition) is 0. The van der Waals surface area contributed by atoms with Crippen LogP contribution in [0.3, 0.4) is 0 Å². The van der Waals surface area contributed by atoms with Crippen LogP contribution in [0.1, 0.15) is 67.5 Å². The topological polar surface area (TPSA) is 89.5 Å². The van der Waals surface area contributed by atoms with Gasteiger partial charge in [-0.05, 0) is 71.6 Å².